The van der Waals surface area contributed by atoms with E-state index in [1.165, 1.54) is 12.1 Å². The summed E-state index contributed by atoms with van der Waals surface area (Å²) < 4.78 is 59.0. The van der Waals surface area contributed by atoms with Crippen molar-refractivity contribution in [3.05, 3.63) is 89.5 Å². The summed E-state index contributed by atoms with van der Waals surface area (Å²) in [6.07, 6.45) is -3.67. The molecule has 0 atom stereocenters. The third-order valence-electron chi connectivity index (χ3n) is 3.74. The Morgan fingerprint density at radius 1 is 0.720 bits per heavy atom. The Labute approximate surface area is 142 Å². The van der Waals surface area contributed by atoms with Gasteiger partial charge in [-0.3, -0.25) is 0 Å². The number of ether oxygens (including phenoxy) is 1. The smallest absolute Gasteiger partial charge is 0.426 e. The molecule has 0 N–H and O–H groups in total. The van der Waals surface area contributed by atoms with Crippen molar-refractivity contribution in [1.82, 2.24) is 0 Å². The van der Waals surface area contributed by atoms with Crippen molar-refractivity contribution < 1.29 is 22.3 Å². The van der Waals surface area contributed by atoms with Crippen LogP contribution in [0.1, 0.15) is 11.1 Å². The second kappa shape index (κ2) is 6.59. The molecule has 0 aliphatic heterocycles. The fourth-order valence-electron chi connectivity index (χ4n) is 2.35. The number of benzene rings is 3. The molecular weight excluding hydrogens is 332 g/mol. The Balaban J connectivity index is 1.82. The lowest BCUT2D eigenvalue weighted by Crippen LogP contribution is -2.21. The van der Waals surface area contributed by atoms with Gasteiger partial charge in [0.1, 0.15) is 5.75 Å². The molecule has 0 aliphatic rings. The van der Waals surface area contributed by atoms with Gasteiger partial charge in [0.25, 0.3) is 0 Å². The summed E-state index contributed by atoms with van der Waals surface area (Å²) in [6.45, 7) is 1.96. The summed E-state index contributed by atoms with van der Waals surface area (Å²) in [4.78, 5) is 0. The maximum absolute atomic E-state index is 14.2. The molecule has 0 aliphatic carbocycles. The highest BCUT2D eigenvalue weighted by atomic mass is 19.3. The lowest BCUT2D eigenvalue weighted by Gasteiger charge is -2.18. The average molecular weight is 346 g/mol. The predicted molar refractivity (Wildman–Crippen MR) is 87.5 cm³/mol. The topological polar surface area (TPSA) is 9.23 Å². The van der Waals surface area contributed by atoms with Gasteiger partial charge in [-0.05, 0) is 42.3 Å². The van der Waals surface area contributed by atoms with E-state index in [1.54, 1.807) is 12.1 Å². The van der Waals surface area contributed by atoms with Crippen molar-refractivity contribution >= 4 is 0 Å². The van der Waals surface area contributed by atoms with Crippen LogP contribution in [0, 0.1) is 18.6 Å². The van der Waals surface area contributed by atoms with Crippen LogP contribution in [-0.2, 0) is 6.11 Å². The summed E-state index contributed by atoms with van der Waals surface area (Å²) in [5, 5.41) is 0. The van der Waals surface area contributed by atoms with Crippen molar-refractivity contribution in [3.8, 4) is 16.9 Å². The summed E-state index contributed by atoms with van der Waals surface area (Å²) in [7, 11) is 0. The number of hydrogen-bond acceptors (Lipinski definition) is 1. The molecule has 0 saturated carbocycles. The number of rotatable bonds is 4. The Kier molecular flexibility index (Phi) is 4.49. The van der Waals surface area contributed by atoms with E-state index in [0.29, 0.717) is 6.07 Å². The van der Waals surface area contributed by atoms with Gasteiger partial charge in [-0.1, -0.05) is 42.0 Å². The zero-order chi connectivity index (χ0) is 18.0. The van der Waals surface area contributed by atoms with Crippen molar-refractivity contribution in [3.63, 3.8) is 0 Å². The van der Waals surface area contributed by atoms with Crippen molar-refractivity contribution in [1.29, 1.82) is 0 Å². The van der Waals surface area contributed by atoms with E-state index in [4.69, 9.17) is 0 Å². The van der Waals surface area contributed by atoms with Crippen LogP contribution in [-0.4, -0.2) is 0 Å². The maximum Gasteiger partial charge on any atom is 0.426 e. The van der Waals surface area contributed by atoms with Crippen LogP contribution >= 0.6 is 0 Å². The SMILES string of the molecule is Cc1ccc(-c2ccc(C(F)(F)Oc3ccc(F)c(F)c3)cc2)cc1. The second-order valence-corrected chi connectivity index (χ2v) is 5.64. The van der Waals surface area contributed by atoms with Gasteiger partial charge in [0.15, 0.2) is 11.6 Å². The van der Waals surface area contributed by atoms with E-state index >= 15 is 0 Å². The molecule has 1 nitrogen and oxygen atoms in total. The highest BCUT2D eigenvalue weighted by Gasteiger charge is 2.34. The van der Waals surface area contributed by atoms with Gasteiger partial charge in [-0.2, -0.15) is 8.78 Å². The summed E-state index contributed by atoms with van der Waals surface area (Å²) in [5.41, 5.74) is 2.41. The molecule has 128 valence electrons. The lowest BCUT2D eigenvalue weighted by molar-refractivity contribution is -0.185. The molecule has 0 spiro atoms. The lowest BCUT2D eigenvalue weighted by atomic mass is 10.0. The van der Waals surface area contributed by atoms with Gasteiger partial charge in [0.05, 0.1) is 5.56 Å². The molecule has 3 aromatic rings. The standard InChI is InChI=1S/C20H14F4O/c1-13-2-4-14(5-3-13)15-6-8-16(9-7-15)20(23,24)25-17-10-11-18(21)19(22)12-17/h2-12H,1H3. The van der Waals surface area contributed by atoms with Gasteiger partial charge in [-0.15, -0.1) is 0 Å². The number of alkyl halides is 2. The van der Waals surface area contributed by atoms with Gasteiger partial charge in [-0.25, -0.2) is 8.78 Å². The Bertz CT molecular complexity index is 871. The van der Waals surface area contributed by atoms with E-state index < -0.39 is 23.5 Å². The van der Waals surface area contributed by atoms with Crippen LogP contribution in [0.4, 0.5) is 17.6 Å². The molecule has 3 rings (SSSR count). The van der Waals surface area contributed by atoms with Crippen molar-refractivity contribution in [2.75, 3.05) is 0 Å². The number of hydrogen-bond donors (Lipinski definition) is 0. The van der Waals surface area contributed by atoms with Gasteiger partial charge in [0, 0.05) is 6.07 Å². The minimum atomic E-state index is -3.67. The summed E-state index contributed by atoms with van der Waals surface area (Å²) in [5.74, 6) is -2.83. The van der Waals surface area contributed by atoms with Crippen LogP contribution in [0.15, 0.2) is 66.7 Å². The van der Waals surface area contributed by atoms with E-state index in [0.717, 1.165) is 28.8 Å². The maximum atomic E-state index is 14.2. The largest absolute Gasteiger partial charge is 0.429 e. The minimum Gasteiger partial charge on any atom is -0.429 e. The highest BCUT2D eigenvalue weighted by molar-refractivity contribution is 5.64. The van der Waals surface area contributed by atoms with Crippen LogP contribution in [0.25, 0.3) is 11.1 Å². The average Bonchev–Trinajstić information content (AvgIpc) is 2.59. The minimum absolute atomic E-state index is 0.381. The molecule has 0 fully saturated rings. The number of halogens is 4. The first-order valence-electron chi connectivity index (χ1n) is 7.54. The van der Waals surface area contributed by atoms with Crippen LogP contribution in [0.2, 0.25) is 0 Å². The van der Waals surface area contributed by atoms with Gasteiger partial charge >= 0.3 is 6.11 Å². The first kappa shape index (κ1) is 17.0. The van der Waals surface area contributed by atoms with E-state index in [9.17, 15) is 17.6 Å². The van der Waals surface area contributed by atoms with Crippen molar-refractivity contribution in [2.45, 2.75) is 13.0 Å². The Morgan fingerprint density at radius 3 is 1.84 bits per heavy atom. The molecule has 25 heavy (non-hydrogen) atoms. The van der Waals surface area contributed by atoms with E-state index in [-0.39, 0.29) is 5.56 Å². The Morgan fingerprint density at radius 2 is 1.28 bits per heavy atom. The second-order valence-electron chi connectivity index (χ2n) is 5.64. The van der Waals surface area contributed by atoms with Crippen molar-refractivity contribution in [2.24, 2.45) is 0 Å². The third-order valence-corrected chi connectivity index (χ3v) is 3.74. The summed E-state index contributed by atoms with van der Waals surface area (Å²) >= 11 is 0. The zero-order valence-electron chi connectivity index (χ0n) is 13.3. The zero-order valence-corrected chi connectivity index (χ0v) is 13.3. The molecule has 0 unspecified atom stereocenters. The number of aryl methyl sites for hydroxylation is 1. The molecule has 0 radical (unpaired) electrons. The summed E-state index contributed by atoms with van der Waals surface area (Å²) in [6, 6.07) is 15.6. The first-order valence-corrected chi connectivity index (χ1v) is 7.54. The fourth-order valence-corrected chi connectivity index (χ4v) is 2.35. The normalized spacial score (nSPS) is 11.4. The fraction of sp³-hybridized carbons (Fsp3) is 0.100. The van der Waals surface area contributed by atoms with Gasteiger partial charge in [0.2, 0.25) is 0 Å². The van der Waals surface area contributed by atoms with Crippen LogP contribution < -0.4 is 4.74 Å². The molecule has 0 bridgehead atoms. The molecular formula is C20H14F4O. The van der Waals surface area contributed by atoms with Crippen LogP contribution in [0.5, 0.6) is 5.75 Å². The molecule has 0 amide bonds. The molecule has 5 heteroatoms. The quantitative estimate of drug-likeness (QED) is 0.521. The third kappa shape index (κ3) is 3.82. The first-order chi connectivity index (χ1) is 11.8. The van der Waals surface area contributed by atoms with E-state index in [2.05, 4.69) is 4.74 Å². The molecule has 0 saturated heterocycles. The molecule has 3 aromatic carbocycles. The highest BCUT2D eigenvalue weighted by Crippen LogP contribution is 2.33. The van der Waals surface area contributed by atoms with Crippen LogP contribution in [0.3, 0.4) is 0 Å². The molecule has 0 heterocycles. The predicted octanol–water partition coefficient (Wildman–Crippen LogP) is 6.07. The van der Waals surface area contributed by atoms with Gasteiger partial charge < -0.3 is 4.74 Å². The molecule has 0 aromatic heterocycles. The van der Waals surface area contributed by atoms with E-state index in [1.807, 2.05) is 31.2 Å². The monoisotopic (exact) mass is 346 g/mol. The Hall–Kier alpha value is -2.82.